The van der Waals surface area contributed by atoms with E-state index in [-0.39, 0.29) is 6.61 Å². The van der Waals surface area contributed by atoms with Crippen LogP contribution in [0.3, 0.4) is 0 Å². The van der Waals surface area contributed by atoms with Crippen molar-refractivity contribution in [2.24, 2.45) is 0 Å². The average molecular weight is 412 g/mol. The molecule has 0 aromatic carbocycles. The van der Waals surface area contributed by atoms with Gasteiger partial charge in [0.25, 0.3) is 5.91 Å². The van der Waals surface area contributed by atoms with Gasteiger partial charge in [0.2, 0.25) is 0 Å². The standard InChI is InChI=1S/C18H19F3N4O4/c1-5-11(9-29-10(2)26)25-16(28)24(15(27)17(25,3)4)12-6-13(18(19,20)21)14(7-22)23-8-12/h6,8,11H,5,9H2,1-4H3. The third-order valence-corrected chi connectivity index (χ3v) is 4.58. The maximum Gasteiger partial charge on any atom is 0.419 e. The van der Waals surface area contributed by atoms with Crippen molar-refractivity contribution in [1.29, 1.82) is 5.26 Å². The number of anilines is 1. The summed E-state index contributed by atoms with van der Waals surface area (Å²) in [6.07, 6.45) is -3.68. The van der Waals surface area contributed by atoms with Gasteiger partial charge in [-0.15, -0.1) is 0 Å². The molecule has 1 atom stereocenters. The molecule has 0 N–H and O–H groups in total. The van der Waals surface area contributed by atoms with Crippen LogP contribution >= 0.6 is 0 Å². The van der Waals surface area contributed by atoms with Gasteiger partial charge in [-0.3, -0.25) is 9.59 Å². The number of pyridine rings is 1. The Labute approximate surface area is 164 Å². The summed E-state index contributed by atoms with van der Waals surface area (Å²) in [7, 11) is 0. The predicted octanol–water partition coefficient (Wildman–Crippen LogP) is 2.86. The van der Waals surface area contributed by atoms with E-state index in [0.717, 1.165) is 6.20 Å². The summed E-state index contributed by atoms with van der Waals surface area (Å²) >= 11 is 0. The van der Waals surface area contributed by atoms with Gasteiger partial charge in [-0.05, 0) is 26.3 Å². The molecule has 2 heterocycles. The highest BCUT2D eigenvalue weighted by Gasteiger charge is 2.54. The summed E-state index contributed by atoms with van der Waals surface area (Å²) in [4.78, 5) is 42.3. The quantitative estimate of drug-likeness (QED) is 0.544. The van der Waals surface area contributed by atoms with Crippen molar-refractivity contribution in [2.45, 2.75) is 51.9 Å². The smallest absolute Gasteiger partial charge is 0.419 e. The van der Waals surface area contributed by atoms with Gasteiger partial charge in [-0.2, -0.15) is 18.4 Å². The summed E-state index contributed by atoms with van der Waals surface area (Å²) in [5.41, 5.74) is -4.01. The molecule has 29 heavy (non-hydrogen) atoms. The zero-order chi connectivity index (χ0) is 22.1. The van der Waals surface area contributed by atoms with E-state index in [1.165, 1.54) is 31.7 Å². The zero-order valence-electron chi connectivity index (χ0n) is 16.2. The molecular weight excluding hydrogens is 393 g/mol. The number of alkyl halides is 3. The second kappa shape index (κ2) is 7.69. The number of nitriles is 1. The van der Waals surface area contributed by atoms with E-state index in [9.17, 15) is 27.6 Å². The molecule has 156 valence electrons. The first kappa shape index (κ1) is 22.1. The summed E-state index contributed by atoms with van der Waals surface area (Å²) < 4.78 is 44.7. The lowest BCUT2D eigenvalue weighted by molar-refractivity contribution is -0.143. The lowest BCUT2D eigenvalue weighted by Crippen LogP contribution is -2.51. The molecule has 11 heteroatoms. The van der Waals surface area contributed by atoms with E-state index < -0.39 is 52.6 Å². The number of hydrogen-bond donors (Lipinski definition) is 0. The van der Waals surface area contributed by atoms with Crippen LogP contribution in [0.1, 0.15) is 45.4 Å². The second-order valence-electron chi connectivity index (χ2n) is 6.92. The van der Waals surface area contributed by atoms with Crippen LogP contribution in [0.5, 0.6) is 0 Å². The molecule has 0 saturated carbocycles. The predicted molar refractivity (Wildman–Crippen MR) is 93.5 cm³/mol. The Morgan fingerprint density at radius 2 is 2.00 bits per heavy atom. The number of carbonyl (C=O) groups excluding carboxylic acids is 3. The minimum atomic E-state index is -4.89. The fraction of sp³-hybridized carbons (Fsp3) is 0.500. The highest BCUT2D eigenvalue weighted by Crippen LogP contribution is 2.38. The van der Waals surface area contributed by atoms with E-state index in [4.69, 9.17) is 10.00 Å². The van der Waals surface area contributed by atoms with Crippen LogP contribution in [0.15, 0.2) is 12.3 Å². The molecule has 1 aromatic heterocycles. The van der Waals surface area contributed by atoms with Gasteiger partial charge in [-0.25, -0.2) is 14.7 Å². The van der Waals surface area contributed by atoms with Crippen molar-refractivity contribution in [2.75, 3.05) is 11.5 Å². The maximum atomic E-state index is 13.2. The van der Waals surface area contributed by atoms with Gasteiger partial charge in [0.15, 0.2) is 5.69 Å². The van der Waals surface area contributed by atoms with Crippen molar-refractivity contribution in [3.05, 3.63) is 23.5 Å². The first-order valence-corrected chi connectivity index (χ1v) is 8.64. The summed E-state index contributed by atoms with van der Waals surface area (Å²) in [6, 6.07) is 0.368. The number of rotatable bonds is 5. The number of nitrogens with zero attached hydrogens (tertiary/aromatic N) is 4. The third-order valence-electron chi connectivity index (χ3n) is 4.58. The number of ether oxygens (including phenoxy) is 1. The maximum absolute atomic E-state index is 13.2. The van der Waals surface area contributed by atoms with E-state index in [0.29, 0.717) is 17.4 Å². The average Bonchev–Trinajstić information content (AvgIpc) is 2.80. The number of hydrogen-bond acceptors (Lipinski definition) is 6. The van der Waals surface area contributed by atoms with Gasteiger partial charge in [-0.1, -0.05) is 6.92 Å². The Bertz CT molecular complexity index is 892. The number of halogens is 3. The third kappa shape index (κ3) is 4.01. The van der Waals surface area contributed by atoms with Crippen LogP contribution in [0.4, 0.5) is 23.7 Å². The normalized spacial score (nSPS) is 17.3. The first-order chi connectivity index (χ1) is 13.4. The molecule has 1 aromatic rings. The topological polar surface area (TPSA) is 104 Å². The van der Waals surface area contributed by atoms with Crippen molar-refractivity contribution in [3.8, 4) is 6.07 Å². The minimum Gasteiger partial charge on any atom is -0.464 e. The molecule has 3 amide bonds. The second-order valence-corrected chi connectivity index (χ2v) is 6.92. The molecule has 0 radical (unpaired) electrons. The number of carbonyl (C=O) groups is 3. The first-order valence-electron chi connectivity index (χ1n) is 8.64. The van der Waals surface area contributed by atoms with Gasteiger partial charge in [0, 0.05) is 6.92 Å². The van der Waals surface area contributed by atoms with Crippen molar-refractivity contribution >= 4 is 23.6 Å². The SMILES string of the molecule is CCC(COC(C)=O)N1C(=O)N(c2cnc(C#N)c(C(F)(F)F)c2)C(=O)C1(C)C. The van der Waals surface area contributed by atoms with Crippen LogP contribution in [0, 0.1) is 11.3 Å². The number of imide groups is 1. The molecular formula is C18H19F3N4O4. The Kier molecular flexibility index (Phi) is 5.87. The van der Waals surface area contributed by atoms with Crippen molar-refractivity contribution in [3.63, 3.8) is 0 Å². The van der Waals surface area contributed by atoms with E-state index in [2.05, 4.69) is 4.98 Å². The van der Waals surface area contributed by atoms with Crippen molar-refractivity contribution < 1.29 is 32.3 Å². The van der Waals surface area contributed by atoms with E-state index in [1.807, 2.05) is 0 Å². The number of aromatic nitrogens is 1. The van der Waals surface area contributed by atoms with Crippen molar-refractivity contribution in [1.82, 2.24) is 9.88 Å². The molecule has 8 nitrogen and oxygen atoms in total. The van der Waals surface area contributed by atoms with Gasteiger partial charge in [0.1, 0.15) is 18.2 Å². The fourth-order valence-corrected chi connectivity index (χ4v) is 3.12. The van der Waals surface area contributed by atoms with Crippen LogP contribution < -0.4 is 4.90 Å². The Hall–Kier alpha value is -3.16. The van der Waals surface area contributed by atoms with E-state index >= 15 is 0 Å². The molecule has 0 aliphatic carbocycles. The molecule has 1 saturated heterocycles. The number of amides is 3. The van der Waals surface area contributed by atoms with Crippen LogP contribution in [0.2, 0.25) is 0 Å². The largest absolute Gasteiger partial charge is 0.464 e. The molecule has 2 rings (SSSR count). The molecule has 0 bridgehead atoms. The molecule has 1 aliphatic rings. The highest BCUT2D eigenvalue weighted by atomic mass is 19.4. The Morgan fingerprint density at radius 3 is 2.48 bits per heavy atom. The fourth-order valence-electron chi connectivity index (χ4n) is 3.12. The zero-order valence-corrected chi connectivity index (χ0v) is 16.2. The van der Waals surface area contributed by atoms with Gasteiger partial charge in [0.05, 0.1) is 23.5 Å². The summed E-state index contributed by atoms with van der Waals surface area (Å²) in [6.45, 7) is 5.65. The minimum absolute atomic E-state index is 0.165. The van der Waals surface area contributed by atoms with Crippen LogP contribution in [0.25, 0.3) is 0 Å². The molecule has 1 unspecified atom stereocenters. The molecule has 1 aliphatic heterocycles. The summed E-state index contributed by atoms with van der Waals surface area (Å²) in [5.74, 6) is -1.33. The monoisotopic (exact) mass is 412 g/mol. The van der Waals surface area contributed by atoms with Crippen LogP contribution in [-0.2, 0) is 20.5 Å². The van der Waals surface area contributed by atoms with Gasteiger partial charge >= 0.3 is 18.2 Å². The van der Waals surface area contributed by atoms with Gasteiger partial charge < -0.3 is 9.64 Å². The summed E-state index contributed by atoms with van der Waals surface area (Å²) in [5, 5.41) is 8.87. The highest BCUT2D eigenvalue weighted by molar-refractivity contribution is 6.23. The molecule has 0 spiro atoms. The van der Waals surface area contributed by atoms with Crippen LogP contribution in [-0.4, -0.2) is 46.0 Å². The Balaban J connectivity index is 2.51. The Morgan fingerprint density at radius 1 is 1.38 bits per heavy atom. The number of esters is 1. The lowest BCUT2D eigenvalue weighted by Gasteiger charge is -2.34. The van der Waals surface area contributed by atoms with E-state index in [1.54, 1.807) is 6.92 Å². The molecule has 1 fully saturated rings. The number of urea groups is 1. The lowest BCUT2D eigenvalue weighted by atomic mass is 10.0.